The van der Waals surface area contributed by atoms with Crippen molar-refractivity contribution in [2.45, 2.75) is 38.6 Å². The highest BCUT2D eigenvalue weighted by atomic mass is 32.1. The van der Waals surface area contributed by atoms with Crippen molar-refractivity contribution in [3.63, 3.8) is 0 Å². The first kappa shape index (κ1) is 14.9. The average molecular weight is 294 g/mol. The Morgan fingerprint density at radius 1 is 1.40 bits per heavy atom. The number of thiocarbonyl (C=S) groups is 1. The van der Waals surface area contributed by atoms with E-state index in [4.69, 9.17) is 18.0 Å². The Morgan fingerprint density at radius 3 is 2.70 bits per heavy atom. The van der Waals surface area contributed by atoms with Crippen LogP contribution >= 0.6 is 12.2 Å². The molecule has 1 aromatic rings. The Kier molecular flexibility index (Phi) is 5.06. The van der Waals surface area contributed by atoms with Crippen LogP contribution in [-0.4, -0.2) is 10.9 Å². The van der Waals surface area contributed by atoms with Gasteiger partial charge in [0.2, 0.25) is 5.91 Å². The van der Waals surface area contributed by atoms with E-state index in [1.807, 2.05) is 0 Å². The van der Waals surface area contributed by atoms with Crippen molar-refractivity contribution in [3.05, 3.63) is 35.1 Å². The molecule has 1 saturated carbocycles. The van der Waals surface area contributed by atoms with E-state index in [0.717, 1.165) is 12.8 Å². The highest BCUT2D eigenvalue weighted by Gasteiger charge is 2.18. The van der Waals surface area contributed by atoms with Crippen molar-refractivity contribution in [3.8, 4) is 0 Å². The lowest BCUT2D eigenvalue weighted by Crippen LogP contribution is -2.25. The van der Waals surface area contributed by atoms with Crippen molar-refractivity contribution >= 4 is 23.1 Å². The first-order valence-corrected chi connectivity index (χ1v) is 7.32. The van der Waals surface area contributed by atoms with Crippen LogP contribution in [0.2, 0.25) is 0 Å². The van der Waals surface area contributed by atoms with Crippen LogP contribution in [-0.2, 0) is 11.3 Å². The highest BCUT2D eigenvalue weighted by molar-refractivity contribution is 7.80. The molecule has 2 rings (SSSR count). The second kappa shape index (κ2) is 6.79. The third kappa shape index (κ3) is 4.00. The first-order chi connectivity index (χ1) is 9.56. The molecule has 5 heteroatoms. The maximum Gasteiger partial charge on any atom is 0.220 e. The fourth-order valence-corrected chi connectivity index (χ4v) is 2.71. The zero-order valence-corrected chi connectivity index (χ0v) is 12.1. The van der Waals surface area contributed by atoms with Crippen LogP contribution in [0.4, 0.5) is 4.39 Å². The van der Waals surface area contributed by atoms with Gasteiger partial charge in [-0.2, -0.15) is 0 Å². The van der Waals surface area contributed by atoms with Gasteiger partial charge in [-0.05, 0) is 24.8 Å². The molecule has 0 saturated heterocycles. The third-order valence-corrected chi connectivity index (χ3v) is 4.00. The van der Waals surface area contributed by atoms with Gasteiger partial charge in [0, 0.05) is 24.1 Å². The number of benzene rings is 1. The molecule has 108 valence electrons. The summed E-state index contributed by atoms with van der Waals surface area (Å²) >= 11 is 4.79. The Labute approximate surface area is 123 Å². The molecule has 0 heterocycles. The van der Waals surface area contributed by atoms with E-state index in [9.17, 15) is 9.18 Å². The molecule has 0 spiro atoms. The van der Waals surface area contributed by atoms with Crippen molar-refractivity contribution in [1.82, 2.24) is 5.32 Å². The minimum absolute atomic E-state index is 0.00489. The van der Waals surface area contributed by atoms with Crippen molar-refractivity contribution in [2.75, 3.05) is 0 Å². The summed E-state index contributed by atoms with van der Waals surface area (Å²) in [6.07, 6.45) is 5.24. The number of nitrogens with two attached hydrogens (primary N) is 1. The van der Waals surface area contributed by atoms with Gasteiger partial charge in [-0.1, -0.05) is 37.2 Å². The topological polar surface area (TPSA) is 55.1 Å². The molecule has 0 aliphatic heterocycles. The molecule has 1 amide bonds. The predicted molar refractivity (Wildman–Crippen MR) is 80.7 cm³/mol. The molecular formula is C15H19FN2OS. The Balaban J connectivity index is 1.86. The van der Waals surface area contributed by atoms with Gasteiger partial charge in [-0.25, -0.2) is 4.39 Å². The highest BCUT2D eigenvalue weighted by Crippen LogP contribution is 2.27. The summed E-state index contributed by atoms with van der Waals surface area (Å²) in [5.41, 5.74) is 6.39. The van der Waals surface area contributed by atoms with Crippen LogP contribution in [0.1, 0.15) is 43.2 Å². The SMILES string of the molecule is NC(=S)c1ccc(CNC(=O)CC2CCCC2)c(F)c1. The van der Waals surface area contributed by atoms with Crippen molar-refractivity contribution < 1.29 is 9.18 Å². The Bertz CT molecular complexity index is 513. The Hall–Kier alpha value is -1.49. The summed E-state index contributed by atoms with van der Waals surface area (Å²) in [4.78, 5) is 12.0. The van der Waals surface area contributed by atoms with E-state index < -0.39 is 5.82 Å². The van der Waals surface area contributed by atoms with Gasteiger partial charge in [-0.15, -0.1) is 0 Å². The maximum absolute atomic E-state index is 13.8. The maximum atomic E-state index is 13.8. The lowest BCUT2D eigenvalue weighted by Gasteiger charge is -2.10. The fraction of sp³-hybridized carbons (Fsp3) is 0.467. The van der Waals surface area contributed by atoms with Gasteiger partial charge < -0.3 is 11.1 Å². The van der Waals surface area contributed by atoms with Crippen LogP contribution in [0.25, 0.3) is 0 Å². The molecule has 0 unspecified atom stereocenters. The summed E-state index contributed by atoms with van der Waals surface area (Å²) in [6, 6.07) is 4.59. The Morgan fingerprint density at radius 2 is 2.10 bits per heavy atom. The quantitative estimate of drug-likeness (QED) is 0.821. The fourth-order valence-electron chi connectivity index (χ4n) is 2.59. The first-order valence-electron chi connectivity index (χ1n) is 6.91. The number of hydrogen-bond donors (Lipinski definition) is 2. The number of halogens is 1. The smallest absolute Gasteiger partial charge is 0.220 e. The normalized spacial score (nSPS) is 15.2. The largest absolute Gasteiger partial charge is 0.389 e. The van der Waals surface area contributed by atoms with Gasteiger partial charge in [0.05, 0.1) is 0 Å². The number of amides is 1. The zero-order valence-electron chi connectivity index (χ0n) is 11.3. The van der Waals surface area contributed by atoms with E-state index in [2.05, 4.69) is 5.32 Å². The molecule has 0 aromatic heterocycles. The molecule has 1 aliphatic rings. The number of hydrogen-bond acceptors (Lipinski definition) is 2. The second-order valence-electron chi connectivity index (χ2n) is 5.30. The molecule has 1 aliphatic carbocycles. The molecule has 3 nitrogen and oxygen atoms in total. The van der Waals surface area contributed by atoms with E-state index >= 15 is 0 Å². The minimum Gasteiger partial charge on any atom is -0.389 e. The van der Waals surface area contributed by atoms with E-state index in [1.54, 1.807) is 12.1 Å². The van der Waals surface area contributed by atoms with Crippen molar-refractivity contribution in [2.24, 2.45) is 11.7 Å². The molecule has 1 aromatic carbocycles. The third-order valence-electron chi connectivity index (χ3n) is 3.76. The second-order valence-corrected chi connectivity index (χ2v) is 5.74. The zero-order chi connectivity index (χ0) is 14.5. The summed E-state index contributed by atoms with van der Waals surface area (Å²) < 4.78 is 13.8. The molecule has 0 atom stereocenters. The van der Waals surface area contributed by atoms with Crippen LogP contribution in [0, 0.1) is 11.7 Å². The van der Waals surface area contributed by atoms with E-state index in [0.29, 0.717) is 23.5 Å². The standard InChI is InChI=1S/C15H19FN2OS/c16-13-8-11(15(17)20)5-6-12(13)9-18-14(19)7-10-3-1-2-4-10/h5-6,8,10H,1-4,7,9H2,(H2,17,20)(H,18,19). The number of carbonyl (C=O) groups is 1. The predicted octanol–water partition coefficient (Wildman–Crippen LogP) is 2.66. The van der Waals surface area contributed by atoms with Crippen LogP contribution < -0.4 is 11.1 Å². The summed E-state index contributed by atoms with van der Waals surface area (Å²) in [7, 11) is 0. The molecule has 1 fully saturated rings. The molecule has 0 bridgehead atoms. The molecule has 0 radical (unpaired) electrons. The minimum atomic E-state index is -0.392. The number of rotatable bonds is 5. The van der Waals surface area contributed by atoms with Gasteiger partial charge in [0.15, 0.2) is 0 Å². The molecule has 20 heavy (non-hydrogen) atoms. The molecule has 3 N–H and O–H groups in total. The van der Waals surface area contributed by atoms with Crippen molar-refractivity contribution in [1.29, 1.82) is 0 Å². The summed E-state index contributed by atoms with van der Waals surface area (Å²) in [5.74, 6) is 0.100. The number of carbonyl (C=O) groups excluding carboxylic acids is 1. The van der Waals surface area contributed by atoms with Gasteiger partial charge in [0.1, 0.15) is 10.8 Å². The average Bonchev–Trinajstić information content (AvgIpc) is 2.90. The summed E-state index contributed by atoms with van der Waals surface area (Å²) in [5, 5.41) is 2.77. The summed E-state index contributed by atoms with van der Waals surface area (Å²) in [6.45, 7) is 0.203. The van der Waals surface area contributed by atoms with Crippen LogP contribution in [0.15, 0.2) is 18.2 Å². The monoisotopic (exact) mass is 294 g/mol. The number of nitrogens with one attached hydrogen (secondary N) is 1. The van der Waals surface area contributed by atoms with Gasteiger partial charge in [-0.3, -0.25) is 4.79 Å². The van der Waals surface area contributed by atoms with Gasteiger partial charge >= 0.3 is 0 Å². The van der Waals surface area contributed by atoms with Crippen LogP contribution in [0.5, 0.6) is 0 Å². The van der Waals surface area contributed by atoms with Gasteiger partial charge in [0.25, 0.3) is 0 Å². The lowest BCUT2D eigenvalue weighted by atomic mass is 10.0. The lowest BCUT2D eigenvalue weighted by molar-refractivity contribution is -0.122. The van der Waals surface area contributed by atoms with E-state index in [-0.39, 0.29) is 17.4 Å². The van der Waals surface area contributed by atoms with E-state index in [1.165, 1.54) is 18.9 Å². The molecular weight excluding hydrogens is 275 g/mol. The van der Waals surface area contributed by atoms with Crippen LogP contribution in [0.3, 0.4) is 0 Å².